The van der Waals surface area contributed by atoms with Gasteiger partial charge in [-0.25, -0.2) is 4.79 Å². The van der Waals surface area contributed by atoms with Gasteiger partial charge < -0.3 is 20.7 Å². The number of hydrogen-bond donors (Lipinski definition) is 2. The van der Waals surface area contributed by atoms with E-state index in [1.165, 1.54) is 0 Å². The van der Waals surface area contributed by atoms with E-state index in [4.69, 9.17) is 10.5 Å². The molecular weight excluding hydrogens is 270 g/mol. The van der Waals surface area contributed by atoms with Gasteiger partial charge in [-0.2, -0.15) is 0 Å². The number of carbonyl (C=O) groups is 2. The normalized spacial score (nSPS) is 21.0. The Balaban J connectivity index is 2.53. The molecule has 1 rings (SSSR count). The number of carbonyl (C=O) groups excluding carboxylic acids is 2. The molecule has 6 heteroatoms. The monoisotopic (exact) mass is 299 g/mol. The van der Waals surface area contributed by atoms with Crippen LogP contribution in [0.3, 0.4) is 0 Å². The van der Waals surface area contributed by atoms with Crippen LogP contribution in [0.5, 0.6) is 0 Å². The Hall–Kier alpha value is -1.30. The lowest BCUT2D eigenvalue weighted by Gasteiger charge is -2.37. The fourth-order valence-electron chi connectivity index (χ4n) is 2.48. The number of amides is 2. The number of nitrogens with two attached hydrogens (primary N) is 1. The van der Waals surface area contributed by atoms with Crippen molar-refractivity contribution in [2.75, 3.05) is 13.1 Å². The second kappa shape index (κ2) is 7.64. The molecule has 6 nitrogen and oxygen atoms in total. The van der Waals surface area contributed by atoms with E-state index in [2.05, 4.69) is 5.32 Å². The number of likely N-dealkylation sites (tertiary alicyclic amines) is 1. The molecule has 122 valence electrons. The van der Waals surface area contributed by atoms with E-state index >= 15 is 0 Å². The molecule has 1 aliphatic heterocycles. The SMILES string of the molecule is CC(CC(N)=O)NCC1CCCCN1C(=O)OC(C)(C)C. The summed E-state index contributed by atoms with van der Waals surface area (Å²) in [6, 6.07) is 0.133. The van der Waals surface area contributed by atoms with Crippen LogP contribution in [-0.2, 0) is 9.53 Å². The second-order valence-corrected chi connectivity index (χ2v) is 6.80. The molecule has 0 aromatic carbocycles. The van der Waals surface area contributed by atoms with Gasteiger partial charge in [0.2, 0.25) is 5.91 Å². The number of nitrogens with one attached hydrogen (secondary N) is 1. The Labute approximate surface area is 127 Å². The van der Waals surface area contributed by atoms with E-state index < -0.39 is 5.60 Å². The zero-order valence-electron chi connectivity index (χ0n) is 13.6. The van der Waals surface area contributed by atoms with E-state index in [1.807, 2.05) is 27.7 Å². The minimum absolute atomic E-state index is 0.0184. The maximum atomic E-state index is 12.2. The van der Waals surface area contributed by atoms with Gasteiger partial charge in [0.05, 0.1) is 0 Å². The zero-order chi connectivity index (χ0) is 16.0. The molecular formula is C15H29N3O3. The summed E-state index contributed by atoms with van der Waals surface area (Å²) < 4.78 is 5.46. The zero-order valence-corrected chi connectivity index (χ0v) is 13.6. The molecule has 0 radical (unpaired) electrons. The number of hydrogen-bond acceptors (Lipinski definition) is 4. The lowest BCUT2D eigenvalue weighted by atomic mass is 10.0. The van der Waals surface area contributed by atoms with Gasteiger partial charge in [0, 0.05) is 31.6 Å². The van der Waals surface area contributed by atoms with Gasteiger partial charge in [-0.3, -0.25) is 4.79 Å². The Morgan fingerprint density at radius 2 is 2.05 bits per heavy atom. The Bertz CT molecular complexity index is 366. The topological polar surface area (TPSA) is 84.7 Å². The van der Waals surface area contributed by atoms with Crippen LogP contribution in [0.1, 0.15) is 53.4 Å². The average Bonchev–Trinajstić information content (AvgIpc) is 2.33. The van der Waals surface area contributed by atoms with Crippen LogP contribution in [-0.4, -0.2) is 47.7 Å². The Kier molecular flexibility index (Phi) is 6.45. The highest BCUT2D eigenvalue weighted by atomic mass is 16.6. The first-order chi connectivity index (χ1) is 9.69. The second-order valence-electron chi connectivity index (χ2n) is 6.80. The largest absolute Gasteiger partial charge is 0.444 e. The van der Waals surface area contributed by atoms with Crippen molar-refractivity contribution in [3.63, 3.8) is 0 Å². The molecule has 1 aliphatic rings. The first kappa shape index (κ1) is 17.8. The quantitative estimate of drug-likeness (QED) is 0.808. The molecule has 1 saturated heterocycles. The van der Waals surface area contributed by atoms with Crippen molar-refractivity contribution in [3.8, 4) is 0 Å². The van der Waals surface area contributed by atoms with Gasteiger partial charge in [-0.1, -0.05) is 0 Å². The molecule has 0 spiro atoms. The van der Waals surface area contributed by atoms with Crippen molar-refractivity contribution < 1.29 is 14.3 Å². The van der Waals surface area contributed by atoms with E-state index in [0.717, 1.165) is 25.8 Å². The van der Waals surface area contributed by atoms with E-state index in [1.54, 1.807) is 4.90 Å². The number of piperidine rings is 1. The molecule has 0 aliphatic carbocycles. The smallest absolute Gasteiger partial charge is 0.410 e. The molecule has 21 heavy (non-hydrogen) atoms. The van der Waals surface area contributed by atoms with Crippen LogP contribution in [0.25, 0.3) is 0 Å². The standard InChI is InChI=1S/C15H29N3O3/c1-11(9-13(16)19)17-10-12-7-5-6-8-18(12)14(20)21-15(2,3)4/h11-12,17H,5-10H2,1-4H3,(H2,16,19). The molecule has 2 atom stereocenters. The average molecular weight is 299 g/mol. The predicted octanol–water partition coefficient (Wildman–Crippen LogP) is 1.63. The van der Waals surface area contributed by atoms with Crippen molar-refractivity contribution in [1.29, 1.82) is 0 Å². The van der Waals surface area contributed by atoms with Gasteiger partial charge in [-0.05, 0) is 47.0 Å². The number of ether oxygens (including phenoxy) is 1. The third-order valence-electron chi connectivity index (χ3n) is 3.46. The third-order valence-corrected chi connectivity index (χ3v) is 3.46. The maximum absolute atomic E-state index is 12.2. The summed E-state index contributed by atoms with van der Waals surface area (Å²) >= 11 is 0. The minimum Gasteiger partial charge on any atom is -0.444 e. The van der Waals surface area contributed by atoms with Crippen LogP contribution in [0, 0.1) is 0 Å². The Morgan fingerprint density at radius 1 is 1.38 bits per heavy atom. The highest BCUT2D eigenvalue weighted by Crippen LogP contribution is 2.20. The first-order valence-electron chi connectivity index (χ1n) is 7.70. The fourth-order valence-corrected chi connectivity index (χ4v) is 2.48. The van der Waals surface area contributed by atoms with Crippen molar-refractivity contribution in [2.24, 2.45) is 5.73 Å². The van der Waals surface area contributed by atoms with Crippen LogP contribution >= 0.6 is 0 Å². The molecule has 0 aromatic heterocycles. The van der Waals surface area contributed by atoms with Gasteiger partial charge in [0.15, 0.2) is 0 Å². The van der Waals surface area contributed by atoms with Crippen LogP contribution in [0.15, 0.2) is 0 Å². The fraction of sp³-hybridized carbons (Fsp3) is 0.867. The molecule has 0 aromatic rings. The summed E-state index contributed by atoms with van der Waals surface area (Å²) in [5.41, 5.74) is 4.70. The van der Waals surface area contributed by atoms with Gasteiger partial charge >= 0.3 is 6.09 Å². The summed E-state index contributed by atoms with van der Waals surface area (Å²) in [5, 5.41) is 3.28. The minimum atomic E-state index is -0.480. The van der Waals surface area contributed by atoms with Gasteiger partial charge in [-0.15, -0.1) is 0 Å². The highest BCUT2D eigenvalue weighted by Gasteiger charge is 2.30. The lowest BCUT2D eigenvalue weighted by Crippen LogP contribution is -2.51. The maximum Gasteiger partial charge on any atom is 0.410 e. The summed E-state index contributed by atoms with van der Waals surface area (Å²) in [4.78, 5) is 24.9. The van der Waals surface area contributed by atoms with E-state index in [-0.39, 0.29) is 24.1 Å². The molecule has 2 unspecified atom stereocenters. The molecule has 0 saturated carbocycles. The summed E-state index contributed by atoms with van der Waals surface area (Å²) in [7, 11) is 0. The van der Waals surface area contributed by atoms with Crippen molar-refractivity contribution in [1.82, 2.24) is 10.2 Å². The number of rotatable bonds is 5. The van der Waals surface area contributed by atoms with Crippen molar-refractivity contribution in [2.45, 2.75) is 71.1 Å². The first-order valence-corrected chi connectivity index (χ1v) is 7.70. The summed E-state index contributed by atoms with van der Waals surface area (Å²) in [6.45, 7) is 8.93. The molecule has 1 fully saturated rings. The number of nitrogens with zero attached hydrogens (tertiary/aromatic N) is 1. The molecule has 2 amide bonds. The Morgan fingerprint density at radius 3 is 2.62 bits per heavy atom. The molecule has 0 bridgehead atoms. The van der Waals surface area contributed by atoms with Gasteiger partial charge in [0.1, 0.15) is 5.60 Å². The van der Waals surface area contributed by atoms with E-state index in [9.17, 15) is 9.59 Å². The summed E-state index contributed by atoms with van der Waals surface area (Å²) in [5.74, 6) is -0.317. The highest BCUT2D eigenvalue weighted by molar-refractivity contribution is 5.74. The van der Waals surface area contributed by atoms with Crippen LogP contribution in [0.2, 0.25) is 0 Å². The predicted molar refractivity (Wildman–Crippen MR) is 81.9 cm³/mol. The van der Waals surface area contributed by atoms with Crippen molar-refractivity contribution >= 4 is 12.0 Å². The lowest BCUT2D eigenvalue weighted by molar-refractivity contribution is -0.118. The third kappa shape index (κ3) is 6.80. The molecule has 1 heterocycles. The summed E-state index contributed by atoms with van der Waals surface area (Å²) in [6.07, 6.45) is 3.12. The van der Waals surface area contributed by atoms with Crippen LogP contribution in [0.4, 0.5) is 4.79 Å². The van der Waals surface area contributed by atoms with Gasteiger partial charge in [0.25, 0.3) is 0 Å². The van der Waals surface area contributed by atoms with Crippen molar-refractivity contribution in [3.05, 3.63) is 0 Å². The molecule has 3 N–H and O–H groups in total. The number of primary amides is 1. The van der Waals surface area contributed by atoms with E-state index in [0.29, 0.717) is 13.0 Å². The van der Waals surface area contributed by atoms with Crippen LogP contribution < -0.4 is 11.1 Å².